The van der Waals surface area contributed by atoms with E-state index in [1.807, 2.05) is 24.3 Å². The lowest BCUT2D eigenvalue weighted by atomic mass is 10.1. The monoisotopic (exact) mass is 285 g/mol. The first-order valence-electron chi connectivity index (χ1n) is 5.94. The lowest BCUT2D eigenvalue weighted by Gasteiger charge is -2.03. The van der Waals surface area contributed by atoms with Crippen LogP contribution in [-0.4, -0.2) is 15.9 Å². The van der Waals surface area contributed by atoms with Crippen LogP contribution in [0.1, 0.15) is 16.4 Å². The molecular formula is C14H11N3O2S. The fourth-order valence-corrected chi connectivity index (χ4v) is 2.27. The van der Waals surface area contributed by atoms with E-state index in [1.165, 1.54) is 11.3 Å². The van der Waals surface area contributed by atoms with Gasteiger partial charge in [0.15, 0.2) is 5.89 Å². The third-order valence-corrected chi connectivity index (χ3v) is 3.31. The number of rotatable bonds is 3. The zero-order valence-electron chi connectivity index (χ0n) is 10.7. The number of carbonyl (C=O) groups is 1. The van der Waals surface area contributed by atoms with Crippen molar-refractivity contribution in [2.75, 3.05) is 5.32 Å². The topological polar surface area (TPSA) is 68.0 Å². The molecule has 20 heavy (non-hydrogen) atoms. The summed E-state index contributed by atoms with van der Waals surface area (Å²) >= 11 is 1.39. The van der Waals surface area contributed by atoms with Crippen LogP contribution in [0.2, 0.25) is 0 Å². The quantitative estimate of drug-likeness (QED) is 0.801. The van der Waals surface area contributed by atoms with Crippen molar-refractivity contribution < 1.29 is 9.21 Å². The van der Waals surface area contributed by atoms with Gasteiger partial charge in [-0.15, -0.1) is 11.3 Å². The van der Waals surface area contributed by atoms with E-state index in [4.69, 9.17) is 4.42 Å². The highest BCUT2D eigenvalue weighted by Crippen LogP contribution is 2.21. The van der Waals surface area contributed by atoms with Gasteiger partial charge in [-0.2, -0.15) is 0 Å². The van der Waals surface area contributed by atoms with Gasteiger partial charge in [-0.25, -0.2) is 9.97 Å². The number of nitrogens with one attached hydrogen (secondary N) is 1. The van der Waals surface area contributed by atoms with Crippen molar-refractivity contribution in [1.82, 2.24) is 9.97 Å². The number of aromatic nitrogens is 2. The average molecular weight is 285 g/mol. The molecule has 0 bridgehead atoms. The number of anilines is 1. The summed E-state index contributed by atoms with van der Waals surface area (Å²) in [6.45, 7) is 1.80. The van der Waals surface area contributed by atoms with Crippen LogP contribution in [0.25, 0.3) is 11.3 Å². The Morgan fingerprint density at radius 3 is 2.70 bits per heavy atom. The van der Waals surface area contributed by atoms with Crippen LogP contribution >= 0.6 is 11.3 Å². The molecule has 2 aromatic heterocycles. The van der Waals surface area contributed by atoms with E-state index in [9.17, 15) is 4.79 Å². The molecule has 0 atom stereocenters. The number of hydrogen-bond donors (Lipinski definition) is 1. The fraction of sp³-hybridized carbons (Fsp3) is 0.0714. The van der Waals surface area contributed by atoms with E-state index in [2.05, 4.69) is 15.3 Å². The molecule has 0 aliphatic carbocycles. The van der Waals surface area contributed by atoms with Crippen molar-refractivity contribution >= 4 is 22.9 Å². The number of aryl methyl sites for hydroxylation is 1. The standard InChI is InChI=1S/C14H11N3O2S/c1-9-16-12(6-19-9)10-2-4-11(5-3-10)17-14(18)13-7-20-8-15-13/h2-8H,1H3,(H,17,18). The molecule has 5 nitrogen and oxygen atoms in total. The van der Waals surface area contributed by atoms with E-state index in [0.717, 1.165) is 11.3 Å². The SMILES string of the molecule is Cc1nc(-c2ccc(NC(=O)c3cscn3)cc2)co1. The van der Waals surface area contributed by atoms with Crippen molar-refractivity contribution in [3.8, 4) is 11.3 Å². The molecule has 0 spiro atoms. The Balaban J connectivity index is 1.75. The van der Waals surface area contributed by atoms with Gasteiger partial charge in [-0.3, -0.25) is 4.79 Å². The average Bonchev–Trinajstić information content (AvgIpc) is 3.10. The van der Waals surface area contributed by atoms with Crippen LogP contribution in [0.3, 0.4) is 0 Å². The second-order valence-corrected chi connectivity index (χ2v) is 4.88. The summed E-state index contributed by atoms with van der Waals surface area (Å²) < 4.78 is 5.17. The molecule has 100 valence electrons. The molecule has 0 saturated heterocycles. The van der Waals surface area contributed by atoms with Gasteiger partial charge in [0.1, 0.15) is 17.7 Å². The summed E-state index contributed by atoms with van der Waals surface area (Å²) in [6.07, 6.45) is 1.61. The van der Waals surface area contributed by atoms with E-state index in [0.29, 0.717) is 17.3 Å². The number of thiazole rings is 1. The number of hydrogen-bond acceptors (Lipinski definition) is 5. The Kier molecular flexibility index (Phi) is 3.30. The number of amides is 1. The third kappa shape index (κ3) is 2.60. The fourth-order valence-electron chi connectivity index (χ4n) is 1.74. The maximum absolute atomic E-state index is 11.8. The van der Waals surface area contributed by atoms with Crippen LogP contribution in [0.4, 0.5) is 5.69 Å². The van der Waals surface area contributed by atoms with Gasteiger partial charge in [0.2, 0.25) is 0 Å². The Morgan fingerprint density at radius 2 is 2.10 bits per heavy atom. The molecule has 0 aliphatic heterocycles. The van der Waals surface area contributed by atoms with Crippen LogP contribution < -0.4 is 5.32 Å². The summed E-state index contributed by atoms with van der Waals surface area (Å²) in [5, 5.41) is 4.50. The van der Waals surface area contributed by atoms with Gasteiger partial charge < -0.3 is 9.73 Å². The molecule has 1 amide bonds. The van der Waals surface area contributed by atoms with E-state index < -0.39 is 0 Å². The number of nitrogens with zero attached hydrogens (tertiary/aromatic N) is 2. The van der Waals surface area contributed by atoms with Crippen molar-refractivity contribution in [3.63, 3.8) is 0 Å². The number of oxazole rings is 1. The highest BCUT2D eigenvalue weighted by molar-refractivity contribution is 7.07. The molecule has 2 heterocycles. The largest absolute Gasteiger partial charge is 0.449 e. The number of carbonyl (C=O) groups excluding carboxylic acids is 1. The molecule has 0 unspecified atom stereocenters. The van der Waals surface area contributed by atoms with Crippen molar-refractivity contribution in [3.05, 3.63) is 53.0 Å². The molecule has 1 aromatic carbocycles. The highest BCUT2D eigenvalue weighted by atomic mass is 32.1. The predicted molar refractivity (Wildman–Crippen MR) is 76.7 cm³/mol. The van der Waals surface area contributed by atoms with Crippen LogP contribution in [-0.2, 0) is 0 Å². The normalized spacial score (nSPS) is 10.4. The van der Waals surface area contributed by atoms with Gasteiger partial charge in [0, 0.05) is 23.6 Å². The molecule has 0 radical (unpaired) electrons. The maximum Gasteiger partial charge on any atom is 0.275 e. The summed E-state index contributed by atoms with van der Waals surface area (Å²) in [5.74, 6) is 0.414. The minimum absolute atomic E-state index is 0.212. The zero-order valence-corrected chi connectivity index (χ0v) is 11.5. The summed E-state index contributed by atoms with van der Waals surface area (Å²) in [5.41, 5.74) is 4.48. The van der Waals surface area contributed by atoms with Crippen LogP contribution in [0.5, 0.6) is 0 Å². The first-order valence-corrected chi connectivity index (χ1v) is 6.89. The summed E-state index contributed by atoms with van der Waals surface area (Å²) in [7, 11) is 0. The van der Waals surface area contributed by atoms with Gasteiger partial charge in [0.05, 0.1) is 5.51 Å². The summed E-state index contributed by atoms with van der Waals surface area (Å²) in [4.78, 5) is 20.1. The van der Waals surface area contributed by atoms with Crippen LogP contribution in [0.15, 0.2) is 45.8 Å². The minimum atomic E-state index is -0.212. The molecule has 0 aliphatic rings. The van der Waals surface area contributed by atoms with Crippen molar-refractivity contribution in [2.45, 2.75) is 6.92 Å². The second kappa shape index (κ2) is 5.26. The Labute approximate surface area is 119 Å². The Bertz CT molecular complexity index is 717. The first-order chi connectivity index (χ1) is 9.72. The highest BCUT2D eigenvalue weighted by Gasteiger charge is 2.08. The maximum atomic E-state index is 11.8. The van der Waals surface area contributed by atoms with E-state index in [1.54, 1.807) is 24.1 Å². The number of benzene rings is 1. The Hall–Kier alpha value is -2.47. The lowest BCUT2D eigenvalue weighted by molar-refractivity contribution is 0.102. The lowest BCUT2D eigenvalue weighted by Crippen LogP contribution is -2.11. The van der Waals surface area contributed by atoms with E-state index >= 15 is 0 Å². The second-order valence-electron chi connectivity index (χ2n) is 4.16. The first kappa shape index (κ1) is 12.6. The molecule has 0 fully saturated rings. The van der Waals surface area contributed by atoms with Gasteiger partial charge in [-0.05, 0) is 12.1 Å². The molecule has 1 N–H and O–H groups in total. The van der Waals surface area contributed by atoms with Gasteiger partial charge in [0.25, 0.3) is 5.91 Å². The molecule has 0 saturated carbocycles. The third-order valence-electron chi connectivity index (χ3n) is 2.72. The molecule has 3 rings (SSSR count). The predicted octanol–water partition coefficient (Wildman–Crippen LogP) is 3.36. The van der Waals surface area contributed by atoms with Crippen molar-refractivity contribution in [1.29, 1.82) is 0 Å². The smallest absolute Gasteiger partial charge is 0.275 e. The Morgan fingerprint density at radius 1 is 1.30 bits per heavy atom. The molecule has 3 aromatic rings. The van der Waals surface area contributed by atoms with Crippen molar-refractivity contribution in [2.24, 2.45) is 0 Å². The van der Waals surface area contributed by atoms with E-state index in [-0.39, 0.29) is 5.91 Å². The zero-order chi connectivity index (χ0) is 13.9. The summed E-state index contributed by atoms with van der Waals surface area (Å²) in [6, 6.07) is 7.41. The minimum Gasteiger partial charge on any atom is -0.449 e. The molecular weight excluding hydrogens is 274 g/mol. The molecule has 6 heteroatoms. The van der Waals surface area contributed by atoms with Gasteiger partial charge in [-0.1, -0.05) is 12.1 Å². The van der Waals surface area contributed by atoms with Gasteiger partial charge >= 0.3 is 0 Å². The van der Waals surface area contributed by atoms with Crippen LogP contribution in [0, 0.1) is 6.92 Å².